The Morgan fingerprint density at radius 2 is 0.833 bits per heavy atom. The van der Waals surface area contributed by atoms with E-state index in [4.69, 9.17) is 10.2 Å². The van der Waals surface area contributed by atoms with Crippen LogP contribution in [0.1, 0.15) is 39.5 Å². The van der Waals surface area contributed by atoms with Gasteiger partial charge >= 0.3 is 0 Å². The van der Waals surface area contributed by atoms with E-state index in [9.17, 15) is 0 Å². The quantitative estimate of drug-likeness (QED) is 0.613. The summed E-state index contributed by atoms with van der Waals surface area (Å²) < 4.78 is 0. The standard InChI is InChI=1S/C6H14.2CH4O.2H2O/c1-3-5-6-4-2;2*1-2;;/h3-6H2,1-2H3;2*2H,1H3;2*1H2. The Hall–Kier alpha value is -0.160. The molecular weight excluding hydrogens is 160 g/mol. The Kier molecular flexibility index (Phi) is 176. The minimum Gasteiger partial charge on any atom is -0.412 e. The second kappa shape index (κ2) is 71.2. The smallest absolute Gasteiger partial charge is 0.0319 e. The highest BCUT2D eigenvalue weighted by Gasteiger charge is 1.75. The molecule has 0 rings (SSSR count). The first kappa shape index (κ1) is 29.7. The minimum absolute atomic E-state index is 0. The van der Waals surface area contributed by atoms with Crippen molar-refractivity contribution >= 4 is 0 Å². The van der Waals surface area contributed by atoms with Crippen molar-refractivity contribution in [3.63, 3.8) is 0 Å². The third kappa shape index (κ3) is 95.3. The molecule has 82 valence electrons. The van der Waals surface area contributed by atoms with Gasteiger partial charge in [0.25, 0.3) is 0 Å². The summed E-state index contributed by atoms with van der Waals surface area (Å²) in [6, 6.07) is 0. The monoisotopic (exact) mass is 186 g/mol. The van der Waals surface area contributed by atoms with Gasteiger partial charge in [-0.25, -0.2) is 0 Å². The molecule has 0 atom stereocenters. The molecule has 0 heterocycles. The van der Waals surface area contributed by atoms with E-state index in [-0.39, 0.29) is 11.0 Å². The summed E-state index contributed by atoms with van der Waals surface area (Å²) in [7, 11) is 2.00. The minimum atomic E-state index is 0. The topological polar surface area (TPSA) is 103 Å². The SMILES string of the molecule is CCCCCC.CO.CO.O.O. The highest BCUT2D eigenvalue weighted by atomic mass is 16.2. The second-order valence-electron chi connectivity index (χ2n) is 1.71. The molecular formula is C8H26O4. The van der Waals surface area contributed by atoms with Gasteiger partial charge in [-0.05, 0) is 0 Å². The summed E-state index contributed by atoms with van der Waals surface area (Å²) in [6.45, 7) is 4.46. The van der Waals surface area contributed by atoms with Crippen LogP contribution in [0.2, 0.25) is 0 Å². The van der Waals surface area contributed by atoms with Crippen LogP contribution < -0.4 is 0 Å². The molecule has 0 unspecified atom stereocenters. The molecule has 0 saturated heterocycles. The van der Waals surface area contributed by atoms with Crippen molar-refractivity contribution in [2.45, 2.75) is 39.5 Å². The van der Waals surface area contributed by atoms with Crippen LogP contribution in [0.25, 0.3) is 0 Å². The average Bonchev–Trinajstić information content (AvgIpc) is 2.08. The van der Waals surface area contributed by atoms with Crippen molar-refractivity contribution in [1.29, 1.82) is 0 Å². The fourth-order valence-electron chi connectivity index (χ4n) is 0.500. The van der Waals surface area contributed by atoms with Crippen molar-refractivity contribution in [3.8, 4) is 0 Å². The van der Waals surface area contributed by atoms with Gasteiger partial charge in [0, 0.05) is 14.2 Å². The fraction of sp³-hybridized carbons (Fsp3) is 1.00. The molecule has 0 amide bonds. The van der Waals surface area contributed by atoms with Gasteiger partial charge in [-0.2, -0.15) is 0 Å². The maximum absolute atomic E-state index is 7.00. The lowest BCUT2D eigenvalue weighted by atomic mass is 10.2. The lowest BCUT2D eigenvalue weighted by Crippen LogP contribution is -1.66. The normalized spacial score (nSPS) is 5.50. The van der Waals surface area contributed by atoms with Crippen molar-refractivity contribution < 1.29 is 21.2 Å². The van der Waals surface area contributed by atoms with Crippen LogP contribution in [-0.4, -0.2) is 35.4 Å². The third-order valence-corrected chi connectivity index (χ3v) is 0.957. The zero-order valence-corrected chi connectivity index (χ0v) is 8.72. The van der Waals surface area contributed by atoms with Crippen LogP contribution in [-0.2, 0) is 0 Å². The van der Waals surface area contributed by atoms with Crippen LogP contribution in [0.15, 0.2) is 0 Å². The predicted octanol–water partition coefficient (Wildman–Crippen LogP) is 0.154. The van der Waals surface area contributed by atoms with E-state index < -0.39 is 0 Å². The Labute approximate surface area is 75.9 Å². The highest BCUT2D eigenvalue weighted by molar-refractivity contribution is 4.31. The van der Waals surface area contributed by atoms with Crippen LogP contribution in [0.5, 0.6) is 0 Å². The zero-order chi connectivity index (χ0) is 8.83. The molecule has 0 spiro atoms. The lowest BCUT2D eigenvalue weighted by molar-refractivity contribution is 0.399. The van der Waals surface area contributed by atoms with Gasteiger partial charge in [-0.1, -0.05) is 39.5 Å². The van der Waals surface area contributed by atoms with E-state index in [0.717, 1.165) is 14.2 Å². The first-order valence-electron chi connectivity index (χ1n) is 3.81. The molecule has 12 heavy (non-hydrogen) atoms. The first-order valence-corrected chi connectivity index (χ1v) is 3.81. The summed E-state index contributed by atoms with van der Waals surface area (Å²) in [5.41, 5.74) is 0. The Morgan fingerprint density at radius 1 is 0.667 bits per heavy atom. The Bertz CT molecular complexity index is 23.0. The number of aliphatic hydroxyl groups excluding tert-OH is 2. The molecule has 0 fully saturated rings. The average molecular weight is 186 g/mol. The van der Waals surface area contributed by atoms with Gasteiger partial charge in [0.2, 0.25) is 0 Å². The zero-order valence-electron chi connectivity index (χ0n) is 8.72. The van der Waals surface area contributed by atoms with E-state index in [0.29, 0.717) is 0 Å². The van der Waals surface area contributed by atoms with Crippen LogP contribution >= 0.6 is 0 Å². The summed E-state index contributed by atoms with van der Waals surface area (Å²) in [6.07, 6.45) is 5.54. The number of aliphatic hydroxyl groups is 2. The van der Waals surface area contributed by atoms with Gasteiger partial charge in [-0.15, -0.1) is 0 Å². The lowest BCUT2D eigenvalue weighted by Gasteiger charge is -1.86. The summed E-state index contributed by atoms with van der Waals surface area (Å²) in [5, 5.41) is 14.0. The van der Waals surface area contributed by atoms with Crippen molar-refractivity contribution in [2.75, 3.05) is 14.2 Å². The van der Waals surface area contributed by atoms with Gasteiger partial charge in [-0.3, -0.25) is 0 Å². The predicted molar refractivity (Wildman–Crippen MR) is 53.3 cm³/mol. The summed E-state index contributed by atoms with van der Waals surface area (Å²) in [4.78, 5) is 0. The van der Waals surface area contributed by atoms with E-state index >= 15 is 0 Å². The van der Waals surface area contributed by atoms with Crippen LogP contribution in [0, 0.1) is 0 Å². The highest BCUT2D eigenvalue weighted by Crippen LogP contribution is 1.95. The van der Waals surface area contributed by atoms with Crippen molar-refractivity contribution in [3.05, 3.63) is 0 Å². The number of unbranched alkanes of at least 4 members (excludes halogenated alkanes) is 3. The largest absolute Gasteiger partial charge is 0.412 e. The molecule has 0 aromatic heterocycles. The van der Waals surface area contributed by atoms with Gasteiger partial charge in [0.05, 0.1) is 0 Å². The van der Waals surface area contributed by atoms with Gasteiger partial charge in [0.15, 0.2) is 0 Å². The fourth-order valence-corrected chi connectivity index (χ4v) is 0.500. The van der Waals surface area contributed by atoms with Gasteiger partial charge < -0.3 is 21.2 Å². The number of hydrogen-bond donors (Lipinski definition) is 2. The van der Waals surface area contributed by atoms with Gasteiger partial charge in [0.1, 0.15) is 0 Å². The number of rotatable bonds is 3. The molecule has 0 bridgehead atoms. The van der Waals surface area contributed by atoms with Crippen molar-refractivity contribution in [1.82, 2.24) is 0 Å². The Morgan fingerprint density at radius 3 is 0.917 bits per heavy atom. The first-order chi connectivity index (χ1) is 4.91. The molecule has 0 aliphatic rings. The van der Waals surface area contributed by atoms with E-state index in [1.165, 1.54) is 25.7 Å². The molecule has 0 radical (unpaired) electrons. The molecule has 4 heteroatoms. The molecule has 0 aromatic carbocycles. The number of hydrogen-bond acceptors (Lipinski definition) is 2. The summed E-state index contributed by atoms with van der Waals surface area (Å²) in [5.74, 6) is 0. The molecule has 0 aromatic rings. The van der Waals surface area contributed by atoms with E-state index in [2.05, 4.69) is 13.8 Å². The molecule has 0 aliphatic carbocycles. The molecule has 6 N–H and O–H groups in total. The van der Waals surface area contributed by atoms with Crippen molar-refractivity contribution in [2.24, 2.45) is 0 Å². The molecule has 0 aliphatic heterocycles. The molecule has 4 nitrogen and oxygen atoms in total. The van der Waals surface area contributed by atoms with Crippen LogP contribution in [0.4, 0.5) is 0 Å². The van der Waals surface area contributed by atoms with Crippen LogP contribution in [0.3, 0.4) is 0 Å². The Balaban J connectivity index is -0.0000000241. The second-order valence-corrected chi connectivity index (χ2v) is 1.71. The molecule has 0 saturated carbocycles. The maximum Gasteiger partial charge on any atom is 0.0319 e. The van der Waals surface area contributed by atoms with E-state index in [1.54, 1.807) is 0 Å². The third-order valence-electron chi connectivity index (χ3n) is 0.957. The maximum atomic E-state index is 7.00. The van der Waals surface area contributed by atoms with E-state index in [1.807, 2.05) is 0 Å². The summed E-state index contributed by atoms with van der Waals surface area (Å²) >= 11 is 0.